The van der Waals surface area contributed by atoms with Crippen LogP contribution in [-0.4, -0.2) is 37.0 Å². The summed E-state index contributed by atoms with van der Waals surface area (Å²) in [5, 5.41) is 3.98. The van der Waals surface area contributed by atoms with Gasteiger partial charge in [-0.3, -0.25) is 4.79 Å². The van der Waals surface area contributed by atoms with E-state index in [-0.39, 0.29) is 17.4 Å². The van der Waals surface area contributed by atoms with E-state index in [0.717, 1.165) is 5.56 Å². The highest BCUT2D eigenvalue weighted by molar-refractivity contribution is 5.93. The van der Waals surface area contributed by atoms with E-state index in [4.69, 9.17) is 11.2 Å². The second-order valence-electron chi connectivity index (χ2n) is 6.60. The molecule has 0 fully saturated rings. The van der Waals surface area contributed by atoms with Gasteiger partial charge in [-0.1, -0.05) is 25.8 Å². The summed E-state index contributed by atoms with van der Waals surface area (Å²) >= 11 is 0. The van der Waals surface area contributed by atoms with Crippen molar-refractivity contribution in [1.29, 1.82) is 0 Å². The Morgan fingerprint density at radius 3 is 2.63 bits per heavy atom. The molecule has 2 aromatic rings. The summed E-state index contributed by atoms with van der Waals surface area (Å²) in [4.78, 5) is 24.6. The molecular weight excluding hydrogens is 347 g/mol. The van der Waals surface area contributed by atoms with Crippen molar-refractivity contribution in [2.45, 2.75) is 26.7 Å². The standard InChI is InChI=1S/C21H23FN2O3/c1-6-17-19(22)8-7-15-11-16(12-18(13(2)3)20(15)17)27-21(26)24(5)10-9-23-14(4)25/h1,7-8,11-13H,9-10H2,2-5H3,(H,23,25). The van der Waals surface area contributed by atoms with Crippen LogP contribution in [0.3, 0.4) is 0 Å². The van der Waals surface area contributed by atoms with E-state index in [2.05, 4.69) is 11.2 Å². The summed E-state index contributed by atoms with van der Waals surface area (Å²) in [6.07, 6.45) is 4.95. The van der Waals surface area contributed by atoms with E-state index < -0.39 is 11.9 Å². The molecule has 0 unspecified atom stereocenters. The molecule has 1 N–H and O–H groups in total. The van der Waals surface area contributed by atoms with Crippen LogP contribution in [0.5, 0.6) is 5.75 Å². The van der Waals surface area contributed by atoms with Crippen molar-refractivity contribution >= 4 is 22.8 Å². The number of likely N-dealkylation sites (N-methyl/N-ethyl adjacent to an activating group) is 1. The number of benzene rings is 2. The van der Waals surface area contributed by atoms with Gasteiger partial charge in [-0.2, -0.15) is 0 Å². The molecule has 0 bridgehead atoms. The van der Waals surface area contributed by atoms with Gasteiger partial charge in [-0.25, -0.2) is 9.18 Å². The molecule has 5 nitrogen and oxygen atoms in total. The molecule has 0 heterocycles. The topological polar surface area (TPSA) is 58.6 Å². The molecule has 0 aromatic heterocycles. The van der Waals surface area contributed by atoms with Gasteiger partial charge < -0.3 is 15.0 Å². The van der Waals surface area contributed by atoms with Gasteiger partial charge in [-0.05, 0) is 35.1 Å². The van der Waals surface area contributed by atoms with Gasteiger partial charge in [0.2, 0.25) is 5.91 Å². The van der Waals surface area contributed by atoms with Crippen LogP contribution in [0.25, 0.3) is 10.8 Å². The lowest BCUT2D eigenvalue weighted by atomic mass is 9.92. The van der Waals surface area contributed by atoms with Crippen LogP contribution in [0.1, 0.15) is 37.8 Å². The Balaban J connectivity index is 2.32. The van der Waals surface area contributed by atoms with Gasteiger partial charge in [0.1, 0.15) is 11.6 Å². The van der Waals surface area contributed by atoms with Crippen LogP contribution in [-0.2, 0) is 4.79 Å². The maximum Gasteiger partial charge on any atom is 0.415 e. The third-order valence-corrected chi connectivity index (χ3v) is 4.18. The number of carbonyl (C=O) groups excluding carboxylic acids is 2. The van der Waals surface area contributed by atoms with Gasteiger partial charge >= 0.3 is 6.09 Å². The highest BCUT2D eigenvalue weighted by Gasteiger charge is 2.17. The van der Waals surface area contributed by atoms with Crippen molar-refractivity contribution in [3.8, 4) is 18.1 Å². The third-order valence-electron chi connectivity index (χ3n) is 4.18. The van der Waals surface area contributed by atoms with E-state index in [9.17, 15) is 14.0 Å². The molecule has 0 saturated carbocycles. The van der Waals surface area contributed by atoms with Crippen molar-refractivity contribution in [2.24, 2.45) is 0 Å². The highest BCUT2D eigenvalue weighted by atomic mass is 19.1. The quantitative estimate of drug-likeness (QED) is 0.818. The lowest BCUT2D eigenvalue weighted by molar-refractivity contribution is -0.119. The Hall–Kier alpha value is -3.07. The number of carbonyl (C=O) groups is 2. The summed E-state index contributed by atoms with van der Waals surface area (Å²) in [7, 11) is 1.58. The first-order valence-electron chi connectivity index (χ1n) is 8.64. The van der Waals surface area contributed by atoms with Crippen molar-refractivity contribution in [2.75, 3.05) is 20.1 Å². The fraction of sp³-hybridized carbons (Fsp3) is 0.333. The predicted octanol–water partition coefficient (Wildman–Crippen LogP) is 3.65. The Morgan fingerprint density at radius 2 is 2.04 bits per heavy atom. The van der Waals surface area contributed by atoms with E-state index in [1.807, 2.05) is 13.8 Å². The number of fused-ring (bicyclic) bond motifs is 1. The lowest BCUT2D eigenvalue weighted by Crippen LogP contribution is -2.36. The van der Waals surface area contributed by atoms with Crippen LogP contribution >= 0.6 is 0 Å². The number of nitrogens with one attached hydrogen (secondary N) is 1. The first kappa shape index (κ1) is 20.2. The average molecular weight is 370 g/mol. The predicted molar refractivity (Wildman–Crippen MR) is 103 cm³/mol. The molecule has 27 heavy (non-hydrogen) atoms. The second-order valence-corrected chi connectivity index (χ2v) is 6.60. The molecule has 2 amide bonds. The molecule has 142 valence electrons. The molecule has 2 aromatic carbocycles. The van der Waals surface area contributed by atoms with Crippen LogP contribution in [0.15, 0.2) is 24.3 Å². The summed E-state index contributed by atoms with van der Waals surface area (Å²) in [5.41, 5.74) is 1.02. The first-order chi connectivity index (χ1) is 12.7. The molecule has 0 atom stereocenters. The highest BCUT2D eigenvalue weighted by Crippen LogP contribution is 2.33. The molecule has 0 aliphatic rings. The molecule has 0 saturated heterocycles. The van der Waals surface area contributed by atoms with Gasteiger partial charge in [0.05, 0.1) is 5.56 Å². The molecule has 6 heteroatoms. The molecule has 0 aliphatic heterocycles. The monoisotopic (exact) mass is 370 g/mol. The van der Waals surface area contributed by atoms with E-state index in [1.165, 1.54) is 17.9 Å². The summed E-state index contributed by atoms with van der Waals surface area (Å²) in [6, 6.07) is 6.32. The minimum atomic E-state index is -0.548. The SMILES string of the molecule is C#Cc1c(F)ccc2cc(OC(=O)N(C)CCNC(C)=O)cc(C(C)C)c12. The number of amides is 2. The minimum Gasteiger partial charge on any atom is -0.410 e. The van der Waals surface area contributed by atoms with E-state index >= 15 is 0 Å². The minimum absolute atomic E-state index is 0.0533. The van der Waals surface area contributed by atoms with E-state index in [1.54, 1.807) is 25.2 Å². The number of nitrogens with zero attached hydrogens (tertiary/aromatic N) is 1. The maximum absolute atomic E-state index is 14.1. The molecule has 0 spiro atoms. The summed E-state index contributed by atoms with van der Waals surface area (Å²) in [5.74, 6) is 2.22. The van der Waals surface area contributed by atoms with Gasteiger partial charge in [0, 0.05) is 32.4 Å². The third kappa shape index (κ3) is 4.76. The average Bonchev–Trinajstić information content (AvgIpc) is 2.60. The number of ether oxygens (including phenoxy) is 1. The van der Waals surface area contributed by atoms with Crippen LogP contribution < -0.4 is 10.1 Å². The van der Waals surface area contributed by atoms with Gasteiger partial charge in [-0.15, -0.1) is 6.42 Å². The first-order valence-corrected chi connectivity index (χ1v) is 8.64. The van der Waals surface area contributed by atoms with Crippen LogP contribution in [0.4, 0.5) is 9.18 Å². The fourth-order valence-electron chi connectivity index (χ4n) is 2.77. The van der Waals surface area contributed by atoms with E-state index in [0.29, 0.717) is 29.6 Å². The summed E-state index contributed by atoms with van der Waals surface area (Å²) < 4.78 is 19.6. The summed E-state index contributed by atoms with van der Waals surface area (Å²) in [6.45, 7) is 5.99. The van der Waals surface area contributed by atoms with Crippen LogP contribution in [0, 0.1) is 18.2 Å². The van der Waals surface area contributed by atoms with Crippen LogP contribution in [0.2, 0.25) is 0 Å². The zero-order valence-corrected chi connectivity index (χ0v) is 15.9. The second kappa shape index (κ2) is 8.54. The smallest absolute Gasteiger partial charge is 0.410 e. The van der Waals surface area contributed by atoms with Crippen molar-refractivity contribution in [3.05, 3.63) is 41.2 Å². The van der Waals surface area contributed by atoms with Crippen molar-refractivity contribution < 1.29 is 18.7 Å². The lowest BCUT2D eigenvalue weighted by Gasteiger charge is -2.19. The zero-order valence-electron chi connectivity index (χ0n) is 15.9. The normalized spacial score (nSPS) is 10.6. The zero-order chi connectivity index (χ0) is 20.1. The molecule has 0 aliphatic carbocycles. The number of hydrogen-bond donors (Lipinski definition) is 1. The van der Waals surface area contributed by atoms with Crippen molar-refractivity contribution in [3.63, 3.8) is 0 Å². The Bertz CT molecular complexity index is 916. The van der Waals surface area contributed by atoms with Gasteiger partial charge in [0.25, 0.3) is 0 Å². The Morgan fingerprint density at radius 1 is 1.33 bits per heavy atom. The number of hydrogen-bond acceptors (Lipinski definition) is 3. The number of terminal acetylenes is 1. The molecule has 0 radical (unpaired) electrons. The molecule has 2 rings (SSSR count). The van der Waals surface area contributed by atoms with Gasteiger partial charge in [0.15, 0.2) is 0 Å². The number of rotatable bonds is 5. The molecular formula is C21H23FN2O3. The Labute approximate surface area is 158 Å². The van der Waals surface area contributed by atoms with Crippen molar-refractivity contribution in [1.82, 2.24) is 10.2 Å². The fourth-order valence-corrected chi connectivity index (χ4v) is 2.77. The Kier molecular flexibility index (Phi) is 6.40. The largest absolute Gasteiger partial charge is 0.415 e. The number of halogens is 1. The maximum atomic E-state index is 14.1.